The van der Waals surface area contributed by atoms with Crippen LogP contribution in [-0.4, -0.2) is 37.6 Å². The number of hydrogen-bond donors (Lipinski definition) is 1. The average molecular weight is 319 g/mol. The van der Waals surface area contributed by atoms with Crippen LogP contribution >= 0.6 is 0 Å². The summed E-state index contributed by atoms with van der Waals surface area (Å²) in [5, 5.41) is 16.8. The first-order valence-electron chi connectivity index (χ1n) is 7.06. The van der Waals surface area contributed by atoms with Crippen molar-refractivity contribution in [2.75, 3.05) is 0 Å². The molecule has 0 aliphatic heterocycles. The molecule has 1 aliphatic rings. The predicted octanol–water partition coefficient (Wildman–Crippen LogP) is 1.74. The number of carbonyl (C=O) groups excluding carboxylic acids is 2. The highest BCUT2D eigenvalue weighted by Crippen LogP contribution is 2.27. The summed E-state index contributed by atoms with van der Waals surface area (Å²) in [4.78, 5) is 36.4. The molecule has 0 spiro atoms. The fraction of sp³-hybridized carbons (Fsp3) is 0. The summed E-state index contributed by atoms with van der Waals surface area (Å²) in [7, 11) is 0. The second-order valence-corrected chi connectivity index (χ2v) is 5.26. The summed E-state index contributed by atoms with van der Waals surface area (Å²) >= 11 is 0. The molecule has 0 saturated heterocycles. The van der Waals surface area contributed by atoms with E-state index in [4.69, 9.17) is 5.11 Å². The summed E-state index contributed by atoms with van der Waals surface area (Å²) in [6.45, 7) is 0. The number of carboxylic acids is 1. The zero-order chi connectivity index (χ0) is 16.8. The summed E-state index contributed by atoms with van der Waals surface area (Å²) in [5.41, 5.74) is 0.992. The summed E-state index contributed by atoms with van der Waals surface area (Å²) < 4.78 is 1.21. The van der Waals surface area contributed by atoms with E-state index in [0.29, 0.717) is 11.3 Å². The van der Waals surface area contributed by atoms with Crippen molar-refractivity contribution in [3.8, 4) is 5.69 Å². The van der Waals surface area contributed by atoms with Gasteiger partial charge < -0.3 is 5.11 Å². The number of nitrogens with zero attached hydrogens (tertiary/aromatic N) is 3. The fourth-order valence-corrected chi connectivity index (χ4v) is 2.72. The molecule has 4 rings (SSSR count). The molecule has 0 fully saturated rings. The Kier molecular flexibility index (Phi) is 2.89. The Hall–Kier alpha value is -3.61. The summed E-state index contributed by atoms with van der Waals surface area (Å²) in [6.07, 6.45) is 0. The quantitative estimate of drug-likeness (QED) is 0.604. The smallest absolute Gasteiger partial charge is 0.335 e. The Labute approximate surface area is 135 Å². The number of aromatic nitrogens is 3. The molecule has 1 aliphatic carbocycles. The van der Waals surface area contributed by atoms with E-state index < -0.39 is 5.97 Å². The molecular weight excluding hydrogens is 310 g/mol. The molecule has 7 heteroatoms. The standard InChI is InChI=1S/C17H9N3O4/c21-15-11-6-1-2-7-12(11)16(22)14-13(15)18-19-20(14)10-5-3-4-9(8-10)17(23)24/h1-8H,(H,23,24). The van der Waals surface area contributed by atoms with E-state index in [1.165, 1.54) is 22.9 Å². The van der Waals surface area contributed by atoms with E-state index in [1.807, 2.05) is 0 Å². The highest BCUT2D eigenvalue weighted by molar-refractivity contribution is 6.27. The molecule has 116 valence electrons. The van der Waals surface area contributed by atoms with Gasteiger partial charge in [-0.2, -0.15) is 0 Å². The van der Waals surface area contributed by atoms with Crippen molar-refractivity contribution in [1.29, 1.82) is 0 Å². The minimum absolute atomic E-state index is 0.0283. The van der Waals surface area contributed by atoms with Gasteiger partial charge in [-0.1, -0.05) is 35.5 Å². The van der Waals surface area contributed by atoms with Crippen LogP contribution in [-0.2, 0) is 0 Å². The first-order valence-corrected chi connectivity index (χ1v) is 7.06. The Morgan fingerprint density at radius 2 is 1.67 bits per heavy atom. The first kappa shape index (κ1) is 14.0. The average Bonchev–Trinajstić information content (AvgIpc) is 3.05. The molecule has 0 radical (unpaired) electrons. The lowest BCUT2D eigenvalue weighted by Gasteiger charge is -2.14. The van der Waals surface area contributed by atoms with Gasteiger partial charge in [0.25, 0.3) is 0 Å². The van der Waals surface area contributed by atoms with Crippen molar-refractivity contribution in [3.63, 3.8) is 0 Å². The summed E-state index contributed by atoms with van der Waals surface area (Å²) in [6, 6.07) is 12.4. The van der Waals surface area contributed by atoms with E-state index in [0.717, 1.165) is 0 Å². The lowest BCUT2D eigenvalue weighted by Crippen LogP contribution is -2.23. The zero-order valence-corrected chi connectivity index (χ0v) is 12.1. The van der Waals surface area contributed by atoms with Crippen LogP contribution < -0.4 is 0 Å². The van der Waals surface area contributed by atoms with Crippen LogP contribution in [0.5, 0.6) is 0 Å². The Morgan fingerprint density at radius 1 is 0.958 bits per heavy atom. The van der Waals surface area contributed by atoms with Gasteiger partial charge in [0.1, 0.15) is 5.69 Å². The monoisotopic (exact) mass is 319 g/mol. The van der Waals surface area contributed by atoms with Gasteiger partial charge in [0.2, 0.25) is 11.6 Å². The van der Waals surface area contributed by atoms with Gasteiger partial charge in [-0.3, -0.25) is 9.59 Å². The lowest BCUT2D eigenvalue weighted by molar-refractivity contribution is 0.0696. The van der Waals surface area contributed by atoms with Crippen molar-refractivity contribution in [1.82, 2.24) is 15.0 Å². The van der Waals surface area contributed by atoms with Gasteiger partial charge in [0, 0.05) is 11.1 Å². The maximum atomic E-state index is 12.8. The second-order valence-electron chi connectivity index (χ2n) is 5.26. The number of benzene rings is 2. The van der Waals surface area contributed by atoms with Crippen LogP contribution in [0.1, 0.15) is 42.5 Å². The molecule has 7 nitrogen and oxygen atoms in total. The minimum Gasteiger partial charge on any atom is -0.478 e. The SMILES string of the molecule is O=C(O)c1cccc(-n2nnc3c2C(=O)c2ccccc2C3=O)c1. The van der Waals surface area contributed by atoms with Crippen LogP contribution in [0, 0.1) is 0 Å². The molecule has 3 aromatic rings. The van der Waals surface area contributed by atoms with Crippen molar-refractivity contribution in [2.24, 2.45) is 0 Å². The van der Waals surface area contributed by atoms with E-state index in [1.54, 1.807) is 30.3 Å². The fourth-order valence-electron chi connectivity index (χ4n) is 2.72. The number of hydrogen-bond acceptors (Lipinski definition) is 5. The van der Waals surface area contributed by atoms with Gasteiger partial charge >= 0.3 is 5.97 Å². The zero-order valence-electron chi connectivity index (χ0n) is 12.1. The van der Waals surface area contributed by atoms with Crippen LogP contribution in [0.2, 0.25) is 0 Å². The molecule has 0 atom stereocenters. The van der Waals surface area contributed by atoms with Crippen LogP contribution in [0.3, 0.4) is 0 Å². The summed E-state index contributed by atoms with van der Waals surface area (Å²) in [5.74, 6) is -1.84. The van der Waals surface area contributed by atoms with Gasteiger partial charge in [-0.25, -0.2) is 9.48 Å². The van der Waals surface area contributed by atoms with E-state index >= 15 is 0 Å². The third-order valence-corrected chi connectivity index (χ3v) is 3.85. The molecule has 24 heavy (non-hydrogen) atoms. The molecule has 0 amide bonds. The number of carbonyl (C=O) groups is 3. The highest BCUT2D eigenvalue weighted by atomic mass is 16.4. The number of carboxylic acid groups (broad SMARTS) is 1. The third kappa shape index (κ3) is 1.88. The predicted molar refractivity (Wildman–Crippen MR) is 81.6 cm³/mol. The molecule has 1 aromatic heterocycles. The van der Waals surface area contributed by atoms with Gasteiger partial charge in [-0.15, -0.1) is 5.10 Å². The molecule has 2 aromatic carbocycles. The lowest BCUT2D eigenvalue weighted by atomic mass is 9.90. The van der Waals surface area contributed by atoms with Crippen molar-refractivity contribution in [2.45, 2.75) is 0 Å². The molecule has 1 N–H and O–H groups in total. The minimum atomic E-state index is -1.10. The van der Waals surface area contributed by atoms with Gasteiger partial charge in [0.15, 0.2) is 5.69 Å². The number of aromatic carboxylic acids is 1. The van der Waals surface area contributed by atoms with E-state index in [-0.39, 0.29) is 34.1 Å². The molecule has 1 heterocycles. The Balaban J connectivity index is 1.92. The highest BCUT2D eigenvalue weighted by Gasteiger charge is 2.35. The van der Waals surface area contributed by atoms with Gasteiger partial charge in [0.05, 0.1) is 11.3 Å². The Morgan fingerprint density at radius 3 is 2.38 bits per heavy atom. The van der Waals surface area contributed by atoms with Gasteiger partial charge in [-0.05, 0) is 18.2 Å². The van der Waals surface area contributed by atoms with E-state index in [2.05, 4.69) is 10.3 Å². The molecule has 0 saturated carbocycles. The Bertz CT molecular complexity index is 1040. The maximum Gasteiger partial charge on any atom is 0.335 e. The van der Waals surface area contributed by atoms with Crippen LogP contribution in [0.4, 0.5) is 0 Å². The number of fused-ring (bicyclic) bond motifs is 2. The first-order chi connectivity index (χ1) is 11.6. The van der Waals surface area contributed by atoms with Crippen molar-refractivity contribution >= 4 is 17.5 Å². The second kappa shape index (κ2) is 4.95. The van der Waals surface area contributed by atoms with E-state index in [9.17, 15) is 14.4 Å². The van der Waals surface area contributed by atoms with Crippen LogP contribution in [0.25, 0.3) is 5.69 Å². The number of ketones is 2. The number of rotatable bonds is 2. The normalized spacial score (nSPS) is 12.7. The largest absolute Gasteiger partial charge is 0.478 e. The maximum absolute atomic E-state index is 12.8. The van der Waals surface area contributed by atoms with Crippen molar-refractivity contribution < 1.29 is 19.5 Å². The topological polar surface area (TPSA) is 102 Å². The molecule has 0 unspecified atom stereocenters. The third-order valence-electron chi connectivity index (χ3n) is 3.85. The molecular formula is C17H9N3O4. The van der Waals surface area contributed by atoms with Crippen LogP contribution in [0.15, 0.2) is 48.5 Å². The van der Waals surface area contributed by atoms with Crippen molar-refractivity contribution in [3.05, 3.63) is 76.6 Å². The molecule has 0 bridgehead atoms.